The van der Waals surface area contributed by atoms with Crippen molar-refractivity contribution in [3.63, 3.8) is 0 Å². The van der Waals surface area contributed by atoms with Crippen LogP contribution in [0.5, 0.6) is 0 Å². The quantitative estimate of drug-likeness (QED) is 0.673. The van der Waals surface area contributed by atoms with E-state index in [9.17, 15) is 0 Å². The molecular weight excluding hydrogens is 242 g/mol. The summed E-state index contributed by atoms with van der Waals surface area (Å²) >= 11 is 0. The largest absolute Gasteiger partial charge is 0.357 e. The van der Waals surface area contributed by atoms with Crippen molar-refractivity contribution in [1.29, 1.82) is 0 Å². The Hall–Kier alpha value is -1.63. The number of anilines is 3. The number of aromatic nitrogens is 3. The Morgan fingerprint density at radius 3 is 2.21 bits per heavy atom. The molecule has 0 aliphatic carbocycles. The van der Waals surface area contributed by atoms with Crippen LogP contribution in [0, 0.1) is 0 Å². The molecule has 0 unspecified atom stereocenters. The highest BCUT2D eigenvalue weighted by Gasteiger charge is 2.06. The van der Waals surface area contributed by atoms with Crippen LogP contribution < -0.4 is 15.5 Å². The normalized spacial score (nSPS) is 10.6. The van der Waals surface area contributed by atoms with Gasteiger partial charge in [-0.25, -0.2) is 0 Å². The lowest BCUT2D eigenvalue weighted by molar-refractivity contribution is 0.396. The molecule has 0 bridgehead atoms. The van der Waals surface area contributed by atoms with Crippen molar-refractivity contribution in [2.75, 3.05) is 63.9 Å². The number of hydrogen-bond donors (Lipinski definition) is 2. The third-order valence-corrected chi connectivity index (χ3v) is 2.56. The minimum atomic E-state index is 0.578. The predicted octanol–water partition coefficient (Wildman–Crippen LogP) is 0.733. The van der Waals surface area contributed by atoms with Crippen molar-refractivity contribution in [2.45, 2.75) is 12.8 Å². The fraction of sp³-hybridized carbons (Fsp3) is 0.750. The molecule has 0 saturated heterocycles. The Bertz CT molecular complexity index is 378. The van der Waals surface area contributed by atoms with E-state index < -0.39 is 0 Å². The summed E-state index contributed by atoms with van der Waals surface area (Å²) in [6, 6.07) is 0. The zero-order chi connectivity index (χ0) is 14.3. The van der Waals surface area contributed by atoms with Crippen LogP contribution in [-0.4, -0.2) is 68.2 Å². The molecule has 19 heavy (non-hydrogen) atoms. The summed E-state index contributed by atoms with van der Waals surface area (Å²) in [6.45, 7) is 1.97. The number of nitrogens with zero attached hydrogens (tertiary/aromatic N) is 5. The first-order valence-electron chi connectivity index (χ1n) is 6.52. The molecule has 0 aliphatic rings. The molecule has 0 radical (unpaired) electrons. The lowest BCUT2D eigenvalue weighted by Gasteiger charge is -2.13. The number of hydrogen-bond acceptors (Lipinski definition) is 7. The average Bonchev–Trinajstić information content (AvgIpc) is 2.37. The third-order valence-electron chi connectivity index (χ3n) is 2.56. The second-order valence-electron chi connectivity index (χ2n) is 4.86. The van der Waals surface area contributed by atoms with Crippen molar-refractivity contribution in [3.05, 3.63) is 0 Å². The molecule has 2 N–H and O–H groups in total. The van der Waals surface area contributed by atoms with Gasteiger partial charge in [-0.15, -0.1) is 0 Å². The van der Waals surface area contributed by atoms with Crippen LogP contribution in [0.25, 0.3) is 0 Å². The molecular formula is C12H25N7. The summed E-state index contributed by atoms with van der Waals surface area (Å²) in [5, 5.41) is 6.18. The monoisotopic (exact) mass is 267 g/mol. The number of unbranched alkanes of at least 4 members (excludes halogenated alkanes) is 1. The molecule has 1 heterocycles. The van der Waals surface area contributed by atoms with Gasteiger partial charge in [0.15, 0.2) is 0 Å². The average molecular weight is 267 g/mol. The van der Waals surface area contributed by atoms with Gasteiger partial charge in [-0.1, -0.05) is 0 Å². The second kappa shape index (κ2) is 7.73. The lowest BCUT2D eigenvalue weighted by Crippen LogP contribution is -2.17. The van der Waals surface area contributed by atoms with Crippen LogP contribution in [0.3, 0.4) is 0 Å². The van der Waals surface area contributed by atoms with Crippen LogP contribution in [0.1, 0.15) is 12.8 Å². The molecule has 0 spiro atoms. The highest BCUT2D eigenvalue weighted by Crippen LogP contribution is 2.10. The van der Waals surface area contributed by atoms with Crippen molar-refractivity contribution >= 4 is 17.8 Å². The Balaban J connectivity index is 2.50. The Kier molecular flexibility index (Phi) is 6.27. The summed E-state index contributed by atoms with van der Waals surface area (Å²) in [6.07, 6.45) is 2.25. The zero-order valence-electron chi connectivity index (χ0n) is 12.6. The maximum Gasteiger partial charge on any atom is 0.231 e. The van der Waals surface area contributed by atoms with E-state index in [4.69, 9.17) is 0 Å². The predicted molar refractivity (Wildman–Crippen MR) is 80.0 cm³/mol. The highest BCUT2D eigenvalue weighted by atomic mass is 15.3. The summed E-state index contributed by atoms with van der Waals surface area (Å²) in [5.74, 6) is 1.84. The van der Waals surface area contributed by atoms with Gasteiger partial charge in [0, 0.05) is 27.7 Å². The summed E-state index contributed by atoms with van der Waals surface area (Å²) in [5.41, 5.74) is 0. The third kappa shape index (κ3) is 5.69. The van der Waals surface area contributed by atoms with Gasteiger partial charge in [0.2, 0.25) is 17.8 Å². The SMILES string of the molecule is CNc1nc(NCCCCN(C)C)nc(N(C)C)n1. The molecule has 0 fully saturated rings. The maximum absolute atomic E-state index is 4.36. The Labute approximate surface area is 115 Å². The van der Waals surface area contributed by atoms with Crippen LogP contribution in [0.15, 0.2) is 0 Å². The van der Waals surface area contributed by atoms with E-state index in [1.165, 1.54) is 0 Å². The summed E-state index contributed by atoms with van der Waals surface area (Å²) in [7, 11) is 9.80. The van der Waals surface area contributed by atoms with Crippen molar-refractivity contribution < 1.29 is 0 Å². The molecule has 7 nitrogen and oxygen atoms in total. The Morgan fingerprint density at radius 2 is 1.63 bits per heavy atom. The first kappa shape index (κ1) is 15.4. The van der Waals surface area contributed by atoms with E-state index in [1.54, 1.807) is 7.05 Å². The number of rotatable bonds is 8. The summed E-state index contributed by atoms with van der Waals surface area (Å²) < 4.78 is 0. The van der Waals surface area contributed by atoms with E-state index in [1.807, 2.05) is 19.0 Å². The molecule has 108 valence electrons. The van der Waals surface area contributed by atoms with Gasteiger partial charge in [0.1, 0.15) is 0 Å². The Morgan fingerprint density at radius 1 is 0.947 bits per heavy atom. The molecule has 1 aromatic rings. The molecule has 0 saturated carbocycles. The molecule has 0 aliphatic heterocycles. The minimum Gasteiger partial charge on any atom is -0.357 e. The topological polar surface area (TPSA) is 69.2 Å². The van der Waals surface area contributed by atoms with E-state index in [0.29, 0.717) is 17.8 Å². The van der Waals surface area contributed by atoms with Crippen molar-refractivity contribution in [1.82, 2.24) is 19.9 Å². The van der Waals surface area contributed by atoms with Crippen LogP contribution in [-0.2, 0) is 0 Å². The molecule has 1 aromatic heterocycles. The molecule has 0 aromatic carbocycles. The van der Waals surface area contributed by atoms with E-state index in [2.05, 4.69) is 44.6 Å². The van der Waals surface area contributed by atoms with Gasteiger partial charge in [-0.3, -0.25) is 0 Å². The van der Waals surface area contributed by atoms with Gasteiger partial charge in [-0.05, 0) is 33.5 Å². The molecule has 0 amide bonds. The standard InChI is InChI=1S/C12H25N7/c1-13-10-15-11(17-12(16-10)19(4)5)14-8-6-7-9-18(2)3/h6-9H2,1-5H3,(H2,13,14,15,16,17). The fourth-order valence-electron chi connectivity index (χ4n) is 1.51. The van der Waals surface area contributed by atoms with Crippen molar-refractivity contribution in [2.24, 2.45) is 0 Å². The van der Waals surface area contributed by atoms with Crippen LogP contribution >= 0.6 is 0 Å². The van der Waals surface area contributed by atoms with Gasteiger partial charge in [0.05, 0.1) is 0 Å². The number of nitrogens with one attached hydrogen (secondary N) is 2. The lowest BCUT2D eigenvalue weighted by atomic mass is 10.3. The molecule has 0 atom stereocenters. The van der Waals surface area contributed by atoms with Crippen molar-refractivity contribution in [3.8, 4) is 0 Å². The second-order valence-corrected chi connectivity index (χ2v) is 4.86. The first-order chi connectivity index (χ1) is 9.02. The summed E-state index contributed by atoms with van der Waals surface area (Å²) in [4.78, 5) is 17.0. The fourth-order valence-corrected chi connectivity index (χ4v) is 1.51. The maximum atomic E-state index is 4.36. The van der Waals surface area contributed by atoms with Crippen LogP contribution in [0.4, 0.5) is 17.8 Å². The zero-order valence-corrected chi connectivity index (χ0v) is 12.6. The van der Waals surface area contributed by atoms with E-state index in [0.717, 1.165) is 25.9 Å². The smallest absolute Gasteiger partial charge is 0.231 e. The van der Waals surface area contributed by atoms with Gasteiger partial charge >= 0.3 is 0 Å². The first-order valence-corrected chi connectivity index (χ1v) is 6.52. The van der Waals surface area contributed by atoms with E-state index >= 15 is 0 Å². The van der Waals surface area contributed by atoms with Crippen LogP contribution in [0.2, 0.25) is 0 Å². The van der Waals surface area contributed by atoms with Gasteiger partial charge < -0.3 is 20.4 Å². The van der Waals surface area contributed by atoms with Gasteiger partial charge in [0.25, 0.3) is 0 Å². The van der Waals surface area contributed by atoms with E-state index in [-0.39, 0.29) is 0 Å². The van der Waals surface area contributed by atoms with Gasteiger partial charge in [-0.2, -0.15) is 15.0 Å². The minimum absolute atomic E-state index is 0.578. The highest BCUT2D eigenvalue weighted by molar-refractivity contribution is 5.42. The molecule has 7 heteroatoms. The molecule has 1 rings (SSSR count).